The van der Waals surface area contributed by atoms with Crippen LogP contribution in [0.4, 0.5) is 13.2 Å². The SMILES string of the molecule is NC(=O)C(Cc1cncc(-c2cc(Cl)ccc2F)c1)c1cc(F)ccc1F. The van der Waals surface area contributed by atoms with Crippen molar-refractivity contribution < 1.29 is 18.0 Å². The monoisotopic (exact) mass is 390 g/mol. The van der Waals surface area contributed by atoms with Gasteiger partial charge in [-0.15, -0.1) is 0 Å². The highest BCUT2D eigenvalue weighted by atomic mass is 35.5. The highest BCUT2D eigenvalue weighted by Crippen LogP contribution is 2.29. The van der Waals surface area contributed by atoms with Gasteiger partial charge in [0.05, 0.1) is 5.92 Å². The highest BCUT2D eigenvalue weighted by Gasteiger charge is 2.23. The second kappa shape index (κ2) is 7.80. The lowest BCUT2D eigenvalue weighted by Gasteiger charge is -2.15. The molecule has 3 nitrogen and oxygen atoms in total. The Morgan fingerprint density at radius 3 is 2.52 bits per heavy atom. The van der Waals surface area contributed by atoms with Crippen molar-refractivity contribution in [1.29, 1.82) is 0 Å². The number of carbonyl (C=O) groups excluding carboxylic acids is 1. The van der Waals surface area contributed by atoms with Gasteiger partial charge in [0.2, 0.25) is 5.91 Å². The summed E-state index contributed by atoms with van der Waals surface area (Å²) in [5, 5.41) is 0.355. The summed E-state index contributed by atoms with van der Waals surface area (Å²) >= 11 is 5.92. The molecular formula is C20H14ClF3N2O. The number of nitrogens with two attached hydrogens (primary N) is 1. The number of carbonyl (C=O) groups is 1. The fraction of sp³-hybridized carbons (Fsp3) is 0.100. The van der Waals surface area contributed by atoms with Crippen molar-refractivity contribution in [3.63, 3.8) is 0 Å². The summed E-state index contributed by atoms with van der Waals surface area (Å²) in [6.07, 6.45) is 2.89. The minimum absolute atomic E-state index is 0.0151. The van der Waals surface area contributed by atoms with Crippen molar-refractivity contribution in [3.05, 3.63) is 88.5 Å². The van der Waals surface area contributed by atoms with Crippen LogP contribution in [0, 0.1) is 17.5 Å². The van der Waals surface area contributed by atoms with Gasteiger partial charge in [-0.2, -0.15) is 0 Å². The molecular weight excluding hydrogens is 377 g/mol. The summed E-state index contributed by atoms with van der Waals surface area (Å²) in [5.41, 5.74) is 6.46. The molecule has 0 radical (unpaired) electrons. The summed E-state index contributed by atoms with van der Waals surface area (Å²) in [6, 6.07) is 8.56. The first-order valence-corrected chi connectivity index (χ1v) is 8.36. The third kappa shape index (κ3) is 4.28. The van der Waals surface area contributed by atoms with E-state index in [1.54, 1.807) is 6.07 Å². The van der Waals surface area contributed by atoms with E-state index in [0.29, 0.717) is 16.1 Å². The lowest BCUT2D eigenvalue weighted by molar-refractivity contribution is -0.119. The Kier molecular flexibility index (Phi) is 5.46. The third-order valence-corrected chi connectivity index (χ3v) is 4.39. The lowest BCUT2D eigenvalue weighted by Crippen LogP contribution is -2.24. The van der Waals surface area contributed by atoms with Gasteiger partial charge in [-0.1, -0.05) is 11.6 Å². The van der Waals surface area contributed by atoms with Crippen LogP contribution < -0.4 is 5.73 Å². The van der Waals surface area contributed by atoms with Crippen molar-refractivity contribution in [1.82, 2.24) is 4.98 Å². The minimum Gasteiger partial charge on any atom is -0.369 e. The number of primary amides is 1. The Morgan fingerprint density at radius 1 is 1.04 bits per heavy atom. The van der Waals surface area contributed by atoms with E-state index in [4.69, 9.17) is 17.3 Å². The number of hydrogen-bond acceptors (Lipinski definition) is 2. The van der Waals surface area contributed by atoms with E-state index in [2.05, 4.69) is 4.98 Å². The molecule has 1 atom stereocenters. The molecule has 7 heteroatoms. The van der Waals surface area contributed by atoms with Crippen LogP contribution in [0.2, 0.25) is 5.02 Å². The predicted octanol–water partition coefficient (Wildman–Crippen LogP) is 4.63. The fourth-order valence-corrected chi connectivity index (χ4v) is 3.02. The van der Waals surface area contributed by atoms with Gasteiger partial charge >= 0.3 is 0 Å². The molecule has 2 aromatic carbocycles. The average Bonchev–Trinajstić information content (AvgIpc) is 2.64. The lowest BCUT2D eigenvalue weighted by atomic mass is 9.90. The zero-order valence-electron chi connectivity index (χ0n) is 13.9. The minimum atomic E-state index is -1.10. The van der Waals surface area contributed by atoms with Crippen LogP contribution in [-0.4, -0.2) is 10.9 Å². The van der Waals surface area contributed by atoms with Crippen molar-refractivity contribution in [3.8, 4) is 11.1 Å². The van der Waals surface area contributed by atoms with Crippen LogP contribution in [0.5, 0.6) is 0 Å². The Hall–Kier alpha value is -2.86. The number of benzene rings is 2. The standard InChI is InChI=1S/C20H14ClF3N2O/c21-13-1-3-18(23)15(7-13)12-5-11(9-26-10-12)6-17(20(25)27)16-8-14(22)2-4-19(16)24/h1-5,7-10,17H,6H2,(H2,25,27). The van der Waals surface area contributed by atoms with Crippen LogP contribution in [0.3, 0.4) is 0 Å². The van der Waals surface area contributed by atoms with Gasteiger partial charge in [-0.3, -0.25) is 9.78 Å². The van der Waals surface area contributed by atoms with Gasteiger partial charge in [-0.05, 0) is 54.4 Å². The highest BCUT2D eigenvalue weighted by molar-refractivity contribution is 6.30. The molecule has 2 N–H and O–H groups in total. The fourth-order valence-electron chi connectivity index (χ4n) is 2.85. The first kappa shape index (κ1) is 18.9. The van der Waals surface area contributed by atoms with Gasteiger partial charge in [0, 0.05) is 34.1 Å². The van der Waals surface area contributed by atoms with Crippen molar-refractivity contribution in [2.45, 2.75) is 12.3 Å². The van der Waals surface area contributed by atoms with E-state index in [0.717, 1.165) is 18.2 Å². The van der Waals surface area contributed by atoms with E-state index < -0.39 is 29.3 Å². The summed E-state index contributed by atoms with van der Waals surface area (Å²) in [5.74, 6) is -3.79. The van der Waals surface area contributed by atoms with Crippen LogP contribution >= 0.6 is 11.6 Å². The first-order chi connectivity index (χ1) is 12.8. The molecule has 0 aliphatic heterocycles. The Balaban J connectivity index is 1.97. The van der Waals surface area contributed by atoms with Gasteiger partial charge in [-0.25, -0.2) is 13.2 Å². The Labute approximate surface area is 158 Å². The second-order valence-electron chi connectivity index (χ2n) is 6.03. The van der Waals surface area contributed by atoms with Crippen molar-refractivity contribution in [2.75, 3.05) is 0 Å². The molecule has 1 amide bonds. The molecule has 1 unspecified atom stereocenters. The maximum absolute atomic E-state index is 14.1. The third-order valence-electron chi connectivity index (χ3n) is 4.15. The normalized spacial score (nSPS) is 12.0. The number of pyridine rings is 1. The van der Waals surface area contributed by atoms with Crippen molar-refractivity contribution in [2.24, 2.45) is 5.73 Å². The molecule has 138 valence electrons. The van der Waals surface area contributed by atoms with Gasteiger partial charge < -0.3 is 5.73 Å². The van der Waals surface area contributed by atoms with E-state index in [1.165, 1.54) is 30.6 Å². The number of halogens is 4. The summed E-state index contributed by atoms with van der Waals surface area (Å²) < 4.78 is 41.7. The second-order valence-corrected chi connectivity index (χ2v) is 6.47. The average molecular weight is 391 g/mol. The summed E-state index contributed by atoms with van der Waals surface area (Å²) in [6.45, 7) is 0. The number of amides is 1. The van der Waals surface area contributed by atoms with Gasteiger partial charge in [0.1, 0.15) is 17.5 Å². The topological polar surface area (TPSA) is 56.0 Å². The van der Waals surface area contributed by atoms with Gasteiger partial charge in [0.25, 0.3) is 0 Å². The zero-order valence-corrected chi connectivity index (χ0v) is 14.7. The van der Waals surface area contributed by atoms with Crippen LogP contribution in [-0.2, 0) is 11.2 Å². The summed E-state index contributed by atoms with van der Waals surface area (Å²) in [4.78, 5) is 15.9. The van der Waals surface area contributed by atoms with E-state index in [9.17, 15) is 18.0 Å². The summed E-state index contributed by atoms with van der Waals surface area (Å²) in [7, 11) is 0. The Morgan fingerprint density at radius 2 is 1.78 bits per heavy atom. The molecule has 0 aliphatic carbocycles. The molecule has 0 spiro atoms. The molecule has 1 heterocycles. The maximum atomic E-state index is 14.1. The van der Waals surface area contributed by atoms with Crippen LogP contribution in [0.25, 0.3) is 11.1 Å². The molecule has 0 aliphatic rings. The molecule has 0 saturated carbocycles. The van der Waals surface area contributed by atoms with Crippen molar-refractivity contribution >= 4 is 17.5 Å². The number of aromatic nitrogens is 1. The molecule has 0 bridgehead atoms. The van der Waals surface area contributed by atoms with E-state index >= 15 is 0 Å². The molecule has 0 fully saturated rings. The van der Waals surface area contributed by atoms with Crippen LogP contribution in [0.1, 0.15) is 17.0 Å². The molecule has 1 aromatic heterocycles. The number of rotatable bonds is 5. The largest absolute Gasteiger partial charge is 0.369 e. The predicted molar refractivity (Wildman–Crippen MR) is 96.6 cm³/mol. The van der Waals surface area contributed by atoms with E-state index in [1.807, 2.05) is 0 Å². The Bertz CT molecular complexity index is 1010. The number of hydrogen-bond donors (Lipinski definition) is 1. The quantitative estimate of drug-likeness (QED) is 0.690. The maximum Gasteiger partial charge on any atom is 0.225 e. The van der Waals surface area contributed by atoms with E-state index in [-0.39, 0.29) is 17.5 Å². The molecule has 3 aromatic rings. The first-order valence-electron chi connectivity index (χ1n) is 7.99. The zero-order chi connectivity index (χ0) is 19.6. The molecule has 0 saturated heterocycles. The van der Waals surface area contributed by atoms with Crippen LogP contribution in [0.15, 0.2) is 54.9 Å². The smallest absolute Gasteiger partial charge is 0.225 e. The molecule has 3 rings (SSSR count). The van der Waals surface area contributed by atoms with Gasteiger partial charge in [0.15, 0.2) is 0 Å². The number of nitrogens with zero attached hydrogens (tertiary/aromatic N) is 1. The molecule has 27 heavy (non-hydrogen) atoms.